The molecule has 9 heteroatoms. The van der Waals surface area contributed by atoms with Crippen molar-refractivity contribution in [3.63, 3.8) is 0 Å². The van der Waals surface area contributed by atoms with Gasteiger partial charge in [-0.15, -0.1) is 0 Å². The van der Waals surface area contributed by atoms with E-state index in [0.717, 1.165) is 0 Å². The van der Waals surface area contributed by atoms with Crippen molar-refractivity contribution in [2.45, 2.75) is 57.9 Å². The molecule has 0 aliphatic heterocycles. The normalized spacial score (nSPS) is 13.5. The van der Waals surface area contributed by atoms with Gasteiger partial charge in [0.2, 0.25) is 0 Å². The Kier molecular flexibility index (Phi) is 7.84. The fraction of sp³-hybridized carbons (Fsp3) is 0.833. The molecule has 0 heterocycles. The highest BCUT2D eigenvalue weighted by Gasteiger charge is 2.41. The van der Waals surface area contributed by atoms with Gasteiger partial charge in [-0.25, -0.2) is 4.79 Å². The number of hydrogen-bond donors (Lipinski definition) is 1. The largest absolute Gasteiger partial charge is 0.449 e. The van der Waals surface area contributed by atoms with Crippen molar-refractivity contribution in [2.24, 2.45) is 0 Å². The van der Waals surface area contributed by atoms with Gasteiger partial charge in [-0.05, 0) is 33.6 Å². The molecule has 0 aromatic rings. The number of nitrogens with one attached hydrogen (secondary N) is 1. The van der Waals surface area contributed by atoms with Crippen LogP contribution in [-0.4, -0.2) is 35.9 Å². The van der Waals surface area contributed by atoms with Crippen molar-refractivity contribution in [3.05, 3.63) is 0 Å². The Balaban J connectivity index is 4.41. The molecule has 0 bridgehead atoms. The lowest BCUT2D eigenvalue weighted by atomic mass is 10.1. The molecular weight excluding hydrogens is 315 g/mol. The molecule has 124 valence electrons. The van der Waals surface area contributed by atoms with E-state index in [9.17, 15) is 22.8 Å². The molecule has 5 nitrogen and oxygen atoms in total. The number of hydrogen-bond acceptors (Lipinski definition) is 4. The zero-order valence-corrected chi connectivity index (χ0v) is 12.8. The molecule has 0 saturated heterocycles. The second-order valence-corrected chi connectivity index (χ2v) is 5.48. The molecule has 0 aliphatic carbocycles. The van der Waals surface area contributed by atoms with Crippen LogP contribution in [0.5, 0.6) is 0 Å². The molecular formula is C12H19ClF3NO4. The fourth-order valence-corrected chi connectivity index (χ4v) is 1.47. The van der Waals surface area contributed by atoms with Gasteiger partial charge < -0.3 is 14.8 Å². The van der Waals surface area contributed by atoms with Crippen LogP contribution in [0, 0.1) is 0 Å². The minimum absolute atomic E-state index is 0.101. The van der Waals surface area contributed by atoms with Gasteiger partial charge in [0.05, 0.1) is 0 Å². The van der Waals surface area contributed by atoms with Crippen molar-refractivity contribution in [3.8, 4) is 0 Å². The van der Waals surface area contributed by atoms with Gasteiger partial charge >= 0.3 is 18.2 Å². The summed E-state index contributed by atoms with van der Waals surface area (Å²) in [5.74, 6) is -0.691. The highest BCUT2D eigenvalue weighted by molar-refractivity contribution is 6.17. The summed E-state index contributed by atoms with van der Waals surface area (Å²) < 4.78 is 47.5. The molecule has 1 atom stereocenters. The predicted octanol–water partition coefficient (Wildman–Crippen LogP) is 3.35. The van der Waals surface area contributed by atoms with E-state index in [1.54, 1.807) is 5.32 Å². The molecule has 0 saturated carbocycles. The minimum atomic E-state index is -4.63. The molecule has 0 aromatic heterocycles. The summed E-state index contributed by atoms with van der Waals surface area (Å²) >= 11 is 5.14. The van der Waals surface area contributed by atoms with Gasteiger partial charge in [0.15, 0.2) is 6.07 Å². The fourth-order valence-electron chi connectivity index (χ4n) is 1.35. The van der Waals surface area contributed by atoms with Crippen LogP contribution in [-0.2, 0) is 14.3 Å². The third-order valence-corrected chi connectivity index (χ3v) is 2.28. The van der Waals surface area contributed by atoms with Crippen LogP contribution in [0.4, 0.5) is 18.0 Å². The summed E-state index contributed by atoms with van der Waals surface area (Å²) in [4.78, 5) is 22.4. The molecule has 1 unspecified atom stereocenters. The van der Waals surface area contributed by atoms with Crippen molar-refractivity contribution in [1.82, 2.24) is 5.32 Å². The number of rotatable bonds is 6. The summed E-state index contributed by atoms with van der Waals surface area (Å²) in [6, 6.07) is -2.44. The first-order valence-electron chi connectivity index (χ1n) is 6.23. The van der Waals surface area contributed by atoms with E-state index in [4.69, 9.17) is 16.3 Å². The van der Waals surface area contributed by atoms with E-state index in [-0.39, 0.29) is 18.9 Å². The lowest BCUT2D eigenvalue weighted by Gasteiger charge is -2.25. The predicted molar refractivity (Wildman–Crippen MR) is 69.9 cm³/mol. The molecule has 0 radical (unpaired) electrons. The monoisotopic (exact) mass is 333 g/mol. The Morgan fingerprint density at radius 3 is 2.24 bits per heavy atom. The van der Waals surface area contributed by atoms with Gasteiger partial charge in [0, 0.05) is 6.42 Å². The maximum atomic E-state index is 12.8. The smallest absolute Gasteiger partial charge is 0.408 e. The van der Waals surface area contributed by atoms with Gasteiger partial charge in [-0.2, -0.15) is 13.2 Å². The molecule has 0 fully saturated rings. The van der Waals surface area contributed by atoms with E-state index in [0.29, 0.717) is 0 Å². The topological polar surface area (TPSA) is 64.6 Å². The minimum Gasteiger partial charge on any atom is -0.449 e. The van der Waals surface area contributed by atoms with E-state index >= 15 is 0 Å². The quantitative estimate of drug-likeness (QED) is 0.598. The number of esters is 1. The van der Waals surface area contributed by atoms with Gasteiger partial charge in [-0.1, -0.05) is 11.6 Å². The first-order chi connectivity index (χ1) is 9.45. The summed E-state index contributed by atoms with van der Waals surface area (Å²) in [7, 11) is 0. The maximum absolute atomic E-state index is 12.8. The van der Waals surface area contributed by atoms with Gasteiger partial charge in [0.25, 0.3) is 0 Å². The van der Waals surface area contributed by atoms with Crippen molar-refractivity contribution < 1.29 is 32.2 Å². The number of carbonyl (C=O) groups excluding carboxylic acids is 2. The summed E-state index contributed by atoms with van der Waals surface area (Å²) in [5.41, 5.74) is -0.898. The van der Waals surface area contributed by atoms with Crippen LogP contribution < -0.4 is 5.32 Å². The standard InChI is InChI=1S/C12H19ClF3NO4/c1-11(2,3)21-10(19)17-8(12(14,15)16)5-4-6-9(18)20-7-13/h8H,4-7H2,1-3H3,(H,17,19). The lowest BCUT2D eigenvalue weighted by molar-refractivity contribution is -0.157. The molecule has 0 rings (SSSR count). The zero-order valence-electron chi connectivity index (χ0n) is 12.1. The van der Waals surface area contributed by atoms with Gasteiger partial charge in [0.1, 0.15) is 11.6 Å². The number of halogens is 4. The van der Waals surface area contributed by atoms with Crippen LogP contribution in [0.15, 0.2) is 0 Å². The molecule has 1 amide bonds. The molecule has 0 aromatic carbocycles. The second kappa shape index (κ2) is 8.31. The number of ether oxygens (including phenoxy) is 2. The van der Waals surface area contributed by atoms with Crippen molar-refractivity contribution >= 4 is 23.7 Å². The lowest BCUT2D eigenvalue weighted by Crippen LogP contribution is -2.47. The highest BCUT2D eigenvalue weighted by Crippen LogP contribution is 2.24. The first-order valence-corrected chi connectivity index (χ1v) is 6.77. The van der Waals surface area contributed by atoms with Crippen LogP contribution in [0.2, 0.25) is 0 Å². The zero-order chi connectivity index (χ0) is 16.7. The van der Waals surface area contributed by atoms with Crippen LogP contribution in [0.3, 0.4) is 0 Å². The SMILES string of the molecule is CC(C)(C)OC(=O)NC(CCCC(=O)OCCl)C(F)(F)F. The third kappa shape index (κ3) is 10.2. The molecule has 21 heavy (non-hydrogen) atoms. The van der Waals surface area contributed by atoms with E-state index in [2.05, 4.69) is 4.74 Å². The van der Waals surface area contributed by atoms with E-state index in [1.165, 1.54) is 20.8 Å². The average molecular weight is 334 g/mol. The van der Waals surface area contributed by atoms with E-state index < -0.39 is 36.3 Å². The number of alkyl carbamates (subject to hydrolysis) is 1. The average Bonchev–Trinajstić information content (AvgIpc) is 2.24. The number of alkyl halides is 4. The Bertz CT molecular complexity index is 355. The van der Waals surface area contributed by atoms with Crippen molar-refractivity contribution in [1.29, 1.82) is 0 Å². The Morgan fingerprint density at radius 2 is 1.81 bits per heavy atom. The first kappa shape index (κ1) is 19.8. The number of carbonyl (C=O) groups is 2. The Hall–Kier alpha value is -1.18. The molecule has 0 spiro atoms. The highest BCUT2D eigenvalue weighted by atomic mass is 35.5. The Labute approximate surface area is 126 Å². The maximum Gasteiger partial charge on any atom is 0.408 e. The van der Waals surface area contributed by atoms with Crippen LogP contribution in [0.1, 0.15) is 40.0 Å². The van der Waals surface area contributed by atoms with Crippen LogP contribution in [0.25, 0.3) is 0 Å². The van der Waals surface area contributed by atoms with Crippen LogP contribution >= 0.6 is 11.6 Å². The summed E-state index contributed by atoms with van der Waals surface area (Å²) in [5, 5.41) is 1.75. The van der Waals surface area contributed by atoms with E-state index in [1.807, 2.05) is 0 Å². The number of amides is 1. The summed E-state index contributed by atoms with van der Waals surface area (Å²) in [6.45, 7) is 4.62. The molecule has 1 N–H and O–H groups in total. The second-order valence-electron chi connectivity index (χ2n) is 5.26. The van der Waals surface area contributed by atoms with Gasteiger partial charge in [-0.3, -0.25) is 4.79 Å². The molecule has 0 aliphatic rings. The third-order valence-electron chi connectivity index (χ3n) is 2.18. The summed E-state index contributed by atoms with van der Waals surface area (Å²) in [6.07, 6.45) is -6.56. The Morgan fingerprint density at radius 1 is 1.24 bits per heavy atom. The van der Waals surface area contributed by atoms with Crippen molar-refractivity contribution in [2.75, 3.05) is 6.07 Å².